The minimum Gasteiger partial charge on any atom is -0.506 e. The van der Waals surface area contributed by atoms with Crippen molar-refractivity contribution in [1.29, 1.82) is 0 Å². The SMILES string of the molecule is O=C(NN=Cc1cc(Br)c(O)c(Br)c1)c1ccc(NC(=O)c2ccc(Br)cc2)cc1. The maximum Gasteiger partial charge on any atom is 0.271 e. The molecule has 152 valence electrons. The van der Waals surface area contributed by atoms with Crippen LogP contribution in [0.25, 0.3) is 0 Å². The molecule has 0 aliphatic carbocycles. The Balaban J connectivity index is 1.59. The zero-order valence-corrected chi connectivity index (χ0v) is 20.0. The van der Waals surface area contributed by atoms with E-state index in [1.165, 1.54) is 6.21 Å². The smallest absolute Gasteiger partial charge is 0.271 e. The molecule has 0 saturated carbocycles. The van der Waals surface area contributed by atoms with Crippen LogP contribution < -0.4 is 10.7 Å². The molecule has 0 bridgehead atoms. The lowest BCUT2D eigenvalue weighted by atomic mass is 10.1. The van der Waals surface area contributed by atoms with Crippen LogP contribution in [0.5, 0.6) is 5.75 Å². The fraction of sp³-hybridized carbons (Fsp3) is 0. The molecule has 0 atom stereocenters. The molecule has 0 unspecified atom stereocenters. The molecule has 3 aromatic carbocycles. The number of amides is 2. The highest BCUT2D eigenvalue weighted by molar-refractivity contribution is 9.11. The maximum absolute atomic E-state index is 12.2. The third-order valence-corrected chi connectivity index (χ3v) is 5.67. The molecular formula is C21H14Br3N3O3. The number of hydrazone groups is 1. The van der Waals surface area contributed by atoms with E-state index in [0.29, 0.717) is 31.3 Å². The van der Waals surface area contributed by atoms with Crippen LogP contribution >= 0.6 is 47.8 Å². The van der Waals surface area contributed by atoms with Gasteiger partial charge in [0.15, 0.2) is 0 Å². The van der Waals surface area contributed by atoms with Gasteiger partial charge in [-0.1, -0.05) is 15.9 Å². The predicted octanol–water partition coefficient (Wildman–Crippen LogP) is 5.70. The summed E-state index contributed by atoms with van der Waals surface area (Å²) in [6, 6.07) is 16.8. The van der Waals surface area contributed by atoms with Crippen LogP contribution in [0, 0.1) is 0 Å². The molecule has 6 nitrogen and oxygen atoms in total. The molecule has 3 aromatic rings. The standard InChI is InChI=1S/C21H14Br3N3O3/c22-15-5-1-13(2-6-15)20(29)26-16-7-3-14(4-8-16)21(30)27-25-11-12-9-17(23)19(28)18(24)10-12/h1-11,28H,(H,26,29)(H,27,30). The summed E-state index contributed by atoms with van der Waals surface area (Å²) >= 11 is 9.80. The van der Waals surface area contributed by atoms with Crippen molar-refractivity contribution in [3.8, 4) is 5.75 Å². The van der Waals surface area contributed by atoms with Crippen LogP contribution in [0.1, 0.15) is 26.3 Å². The Morgan fingerprint density at radius 1 is 0.833 bits per heavy atom. The van der Waals surface area contributed by atoms with Crippen LogP contribution in [0.4, 0.5) is 5.69 Å². The number of halogens is 3. The van der Waals surface area contributed by atoms with Crippen molar-refractivity contribution in [3.63, 3.8) is 0 Å². The minimum atomic E-state index is -0.394. The van der Waals surface area contributed by atoms with Gasteiger partial charge >= 0.3 is 0 Å². The highest BCUT2D eigenvalue weighted by Gasteiger charge is 2.08. The summed E-state index contributed by atoms with van der Waals surface area (Å²) in [5.41, 5.74) is 4.61. The lowest BCUT2D eigenvalue weighted by Crippen LogP contribution is -2.17. The molecule has 30 heavy (non-hydrogen) atoms. The van der Waals surface area contributed by atoms with Crippen molar-refractivity contribution in [1.82, 2.24) is 5.43 Å². The fourth-order valence-corrected chi connectivity index (χ4v) is 3.89. The van der Waals surface area contributed by atoms with E-state index < -0.39 is 5.91 Å². The Labute approximate surface area is 197 Å². The van der Waals surface area contributed by atoms with E-state index in [4.69, 9.17) is 0 Å². The first kappa shape index (κ1) is 22.2. The minimum absolute atomic E-state index is 0.0866. The number of phenols is 1. The summed E-state index contributed by atoms with van der Waals surface area (Å²) in [6.45, 7) is 0. The lowest BCUT2D eigenvalue weighted by Gasteiger charge is -2.06. The summed E-state index contributed by atoms with van der Waals surface area (Å²) in [5.74, 6) is -0.548. The van der Waals surface area contributed by atoms with Gasteiger partial charge in [0, 0.05) is 21.3 Å². The normalized spacial score (nSPS) is 10.8. The molecule has 9 heteroatoms. The maximum atomic E-state index is 12.2. The van der Waals surface area contributed by atoms with E-state index in [1.54, 1.807) is 60.7 Å². The summed E-state index contributed by atoms with van der Waals surface area (Å²) < 4.78 is 1.90. The fourth-order valence-electron chi connectivity index (χ4n) is 2.40. The van der Waals surface area contributed by atoms with Crippen LogP contribution in [0.15, 0.2) is 79.2 Å². The third-order valence-electron chi connectivity index (χ3n) is 3.93. The van der Waals surface area contributed by atoms with Crippen LogP contribution in [-0.2, 0) is 0 Å². The summed E-state index contributed by atoms with van der Waals surface area (Å²) in [7, 11) is 0. The van der Waals surface area contributed by atoms with E-state index >= 15 is 0 Å². The lowest BCUT2D eigenvalue weighted by molar-refractivity contribution is 0.0954. The van der Waals surface area contributed by atoms with Gasteiger partial charge in [-0.15, -0.1) is 0 Å². The molecule has 0 fully saturated rings. The van der Waals surface area contributed by atoms with Gasteiger partial charge < -0.3 is 10.4 Å². The Kier molecular flexibility index (Phi) is 7.41. The second-order valence-electron chi connectivity index (χ2n) is 6.07. The zero-order valence-electron chi connectivity index (χ0n) is 15.2. The highest BCUT2D eigenvalue weighted by atomic mass is 79.9. The number of anilines is 1. The molecule has 3 rings (SSSR count). The Morgan fingerprint density at radius 3 is 1.97 bits per heavy atom. The van der Waals surface area contributed by atoms with Gasteiger partial charge in [0.25, 0.3) is 11.8 Å². The molecule has 0 aliphatic rings. The second-order valence-corrected chi connectivity index (χ2v) is 8.70. The summed E-state index contributed by atoms with van der Waals surface area (Å²) in [6.07, 6.45) is 1.46. The molecule has 0 aromatic heterocycles. The third kappa shape index (κ3) is 5.78. The number of aromatic hydroxyl groups is 1. The average molecular weight is 596 g/mol. The van der Waals surface area contributed by atoms with Gasteiger partial charge in [-0.3, -0.25) is 9.59 Å². The molecular weight excluding hydrogens is 582 g/mol. The van der Waals surface area contributed by atoms with Crippen LogP contribution in [0.2, 0.25) is 0 Å². The molecule has 3 N–H and O–H groups in total. The van der Waals surface area contributed by atoms with E-state index in [1.807, 2.05) is 0 Å². The molecule has 0 radical (unpaired) electrons. The topological polar surface area (TPSA) is 90.8 Å². The number of carbonyl (C=O) groups excluding carboxylic acids is 2. The summed E-state index contributed by atoms with van der Waals surface area (Å²) in [5, 5.41) is 16.4. The number of rotatable bonds is 5. The van der Waals surface area contributed by atoms with E-state index in [9.17, 15) is 14.7 Å². The largest absolute Gasteiger partial charge is 0.506 e. The van der Waals surface area contributed by atoms with E-state index in [-0.39, 0.29) is 11.7 Å². The first-order chi connectivity index (χ1) is 14.3. The first-order valence-electron chi connectivity index (χ1n) is 8.52. The molecule has 0 aliphatic heterocycles. The first-order valence-corrected chi connectivity index (χ1v) is 10.9. The van der Waals surface area contributed by atoms with Crippen molar-refractivity contribution in [2.45, 2.75) is 0 Å². The van der Waals surface area contributed by atoms with Crippen molar-refractivity contribution in [2.75, 3.05) is 5.32 Å². The number of carbonyl (C=O) groups is 2. The molecule has 2 amide bonds. The molecule has 0 heterocycles. The summed E-state index contributed by atoms with van der Waals surface area (Å²) in [4.78, 5) is 24.5. The number of hydrogen-bond donors (Lipinski definition) is 3. The van der Waals surface area contributed by atoms with Crippen molar-refractivity contribution in [3.05, 3.63) is 90.8 Å². The van der Waals surface area contributed by atoms with Gasteiger partial charge in [0.2, 0.25) is 0 Å². The molecule has 0 saturated heterocycles. The quantitative estimate of drug-likeness (QED) is 0.261. The van der Waals surface area contributed by atoms with Gasteiger partial charge in [-0.2, -0.15) is 5.10 Å². The number of nitrogens with zero attached hydrogens (tertiary/aromatic N) is 1. The Hall–Kier alpha value is -2.49. The van der Waals surface area contributed by atoms with Crippen molar-refractivity contribution < 1.29 is 14.7 Å². The number of nitrogens with one attached hydrogen (secondary N) is 2. The van der Waals surface area contributed by atoms with Gasteiger partial charge in [-0.25, -0.2) is 5.43 Å². The van der Waals surface area contributed by atoms with E-state index in [0.717, 1.165) is 4.47 Å². The second kappa shape index (κ2) is 10.0. The number of phenolic OH excluding ortho intramolecular Hbond substituents is 1. The highest BCUT2D eigenvalue weighted by Crippen LogP contribution is 2.32. The zero-order chi connectivity index (χ0) is 21.7. The molecule has 0 spiro atoms. The number of hydrogen-bond acceptors (Lipinski definition) is 4. The van der Waals surface area contributed by atoms with Crippen LogP contribution in [-0.4, -0.2) is 23.1 Å². The predicted molar refractivity (Wildman–Crippen MR) is 127 cm³/mol. The van der Waals surface area contributed by atoms with Gasteiger partial charge in [0.1, 0.15) is 5.75 Å². The number of benzene rings is 3. The van der Waals surface area contributed by atoms with Gasteiger partial charge in [-0.05, 0) is 98.1 Å². The van der Waals surface area contributed by atoms with E-state index in [2.05, 4.69) is 63.6 Å². The van der Waals surface area contributed by atoms with Crippen LogP contribution in [0.3, 0.4) is 0 Å². The van der Waals surface area contributed by atoms with Gasteiger partial charge in [0.05, 0.1) is 15.2 Å². The Morgan fingerprint density at radius 2 is 1.37 bits per heavy atom. The van der Waals surface area contributed by atoms with Crippen molar-refractivity contribution >= 4 is 71.5 Å². The average Bonchev–Trinajstić information content (AvgIpc) is 2.73. The Bertz CT molecular complexity index is 1090. The van der Waals surface area contributed by atoms with Crippen molar-refractivity contribution in [2.24, 2.45) is 5.10 Å². The monoisotopic (exact) mass is 593 g/mol.